The highest BCUT2D eigenvalue weighted by molar-refractivity contribution is 7.86. The molecule has 1 heterocycles. The lowest BCUT2D eigenvalue weighted by Gasteiger charge is -2.22. The number of rotatable bonds is 7. The fraction of sp³-hybridized carbons (Fsp3) is 0.0882. The summed E-state index contributed by atoms with van der Waals surface area (Å²) >= 11 is 0. The highest BCUT2D eigenvalue weighted by Gasteiger charge is 2.24. The topological polar surface area (TPSA) is 158 Å². The van der Waals surface area contributed by atoms with Crippen LogP contribution in [0.2, 0.25) is 0 Å². The van der Waals surface area contributed by atoms with Gasteiger partial charge in [-0.25, -0.2) is 10.8 Å². The Hall–Kier alpha value is -5.45. The molecule has 0 unspecified atom stereocenters. The summed E-state index contributed by atoms with van der Waals surface area (Å²) in [4.78, 5) is 7.53. The first-order chi connectivity index (χ1) is 21.7. The van der Waals surface area contributed by atoms with E-state index in [0.29, 0.717) is 50.2 Å². The van der Waals surface area contributed by atoms with E-state index < -0.39 is 10.1 Å². The summed E-state index contributed by atoms with van der Waals surface area (Å²) in [6.45, 7) is 4.04. The van der Waals surface area contributed by atoms with Crippen LogP contribution in [-0.4, -0.2) is 13.0 Å². The van der Waals surface area contributed by atoms with E-state index in [-0.39, 0.29) is 11.4 Å². The van der Waals surface area contributed by atoms with Crippen molar-refractivity contribution in [2.45, 2.75) is 25.3 Å². The lowest BCUT2D eigenvalue weighted by molar-refractivity contribution is 0.483. The fourth-order valence-electron chi connectivity index (χ4n) is 5.49. The van der Waals surface area contributed by atoms with Crippen molar-refractivity contribution in [3.8, 4) is 22.5 Å². The molecular formula is C34H28N6O4S. The van der Waals surface area contributed by atoms with E-state index in [1.807, 2.05) is 74.5 Å². The van der Waals surface area contributed by atoms with E-state index in [2.05, 4.69) is 10.0 Å². The van der Waals surface area contributed by atoms with Crippen LogP contribution in [0.3, 0.4) is 0 Å². The summed E-state index contributed by atoms with van der Waals surface area (Å²) in [5.74, 6) is 6.99. The molecule has 0 aromatic heterocycles. The van der Waals surface area contributed by atoms with Gasteiger partial charge >= 0.3 is 0 Å². The molecule has 3 N–H and O–H groups in total. The largest absolute Gasteiger partial charge is 0.456 e. The number of aryl methyl sites for hydroxylation is 2. The van der Waals surface area contributed by atoms with Gasteiger partial charge in [0.05, 0.1) is 29.0 Å². The summed E-state index contributed by atoms with van der Waals surface area (Å²) in [5.41, 5.74) is 15.6. The van der Waals surface area contributed by atoms with Crippen LogP contribution in [-0.2, 0) is 16.7 Å². The van der Waals surface area contributed by atoms with Gasteiger partial charge in [0.25, 0.3) is 10.1 Å². The molecule has 2 aliphatic rings. The van der Waals surface area contributed by atoms with Crippen LogP contribution in [0, 0.1) is 13.8 Å². The number of hydrogen-bond acceptors (Lipinski definition) is 7. The minimum atomic E-state index is -4.56. The van der Waals surface area contributed by atoms with Crippen molar-refractivity contribution in [1.29, 1.82) is 0 Å². The van der Waals surface area contributed by atoms with Gasteiger partial charge in [0.15, 0.2) is 0 Å². The van der Waals surface area contributed by atoms with E-state index >= 15 is 0 Å². The number of para-hydroxylation sites is 2. The summed E-state index contributed by atoms with van der Waals surface area (Å²) in [6, 6.07) is 30.5. The minimum Gasteiger partial charge on any atom is -0.456 e. The van der Waals surface area contributed by atoms with E-state index in [1.54, 1.807) is 41.4 Å². The molecule has 224 valence electrons. The second kappa shape index (κ2) is 11.9. The molecule has 0 amide bonds. The molecular weight excluding hydrogens is 588 g/mol. The number of azide groups is 1. The van der Waals surface area contributed by atoms with Gasteiger partial charge < -0.3 is 4.42 Å². The van der Waals surface area contributed by atoms with Gasteiger partial charge in [-0.15, -0.1) is 0 Å². The maximum absolute atomic E-state index is 12.5. The highest BCUT2D eigenvalue weighted by atomic mass is 32.2. The Morgan fingerprint density at radius 2 is 1.64 bits per heavy atom. The van der Waals surface area contributed by atoms with E-state index in [0.717, 1.165) is 22.4 Å². The Morgan fingerprint density at radius 3 is 2.42 bits per heavy atom. The maximum atomic E-state index is 12.5. The third-order valence-corrected chi connectivity index (χ3v) is 8.55. The molecule has 1 aliphatic heterocycles. The molecule has 0 saturated carbocycles. The van der Waals surface area contributed by atoms with Crippen molar-refractivity contribution in [2.24, 2.45) is 15.9 Å². The molecule has 0 saturated heterocycles. The van der Waals surface area contributed by atoms with Crippen LogP contribution in [0.15, 0.2) is 123 Å². The van der Waals surface area contributed by atoms with E-state index in [4.69, 9.17) is 20.8 Å². The van der Waals surface area contributed by atoms with Crippen LogP contribution in [0.1, 0.15) is 16.7 Å². The third kappa shape index (κ3) is 5.76. The second-order valence-electron chi connectivity index (χ2n) is 10.5. The Kier molecular flexibility index (Phi) is 7.84. The maximum Gasteiger partial charge on any atom is 0.295 e. The van der Waals surface area contributed by atoms with Crippen LogP contribution in [0.5, 0.6) is 0 Å². The predicted molar refractivity (Wildman–Crippen MR) is 175 cm³/mol. The first-order valence-electron chi connectivity index (χ1n) is 14.0. The molecule has 0 radical (unpaired) electrons. The van der Waals surface area contributed by atoms with Gasteiger partial charge in [-0.2, -0.15) is 8.42 Å². The molecule has 4 aromatic carbocycles. The number of fused-ring (bicyclic) bond motifs is 2. The van der Waals surface area contributed by atoms with Crippen LogP contribution < -0.4 is 16.2 Å². The molecule has 0 spiro atoms. The second-order valence-corrected chi connectivity index (χ2v) is 11.9. The molecule has 11 heteroatoms. The number of nitrogens with zero attached hydrogens (tertiary/aromatic N) is 5. The number of anilines is 2. The predicted octanol–water partition coefficient (Wildman–Crippen LogP) is 8.12. The van der Waals surface area contributed by atoms with Crippen molar-refractivity contribution >= 4 is 38.1 Å². The number of nitrogens with two attached hydrogens (primary N) is 1. The van der Waals surface area contributed by atoms with E-state index in [9.17, 15) is 13.0 Å². The van der Waals surface area contributed by atoms with Gasteiger partial charge in [-0.1, -0.05) is 59.7 Å². The Balaban J connectivity index is 1.64. The number of hydrazine groups is 1. The molecule has 6 rings (SSSR count). The monoisotopic (exact) mass is 616 g/mol. The van der Waals surface area contributed by atoms with Crippen molar-refractivity contribution in [1.82, 2.24) is 0 Å². The SMILES string of the molecule is Cc1ccccc1N(N)c1ccc2c(-c3ccccc3S(=O)(=O)O)c3cc/c(=N/c4c(C)cccc4CN=[N+]=[N-])cc-3oc2c1. The lowest BCUT2D eigenvalue weighted by Crippen LogP contribution is -2.25. The molecule has 0 fully saturated rings. The van der Waals surface area contributed by atoms with Gasteiger partial charge in [0.2, 0.25) is 0 Å². The molecule has 0 atom stereocenters. The first-order valence-corrected chi connectivity index (χ1v) is 15.4. The summed E-state index contributed by atoms with van der Waals surface area (Å²) in [5, 5.41) is 6.48. The van der Waals surface area contributed by atoms with Crippen LogP contribution in [0.4, 0.5) is 17.1 Å². The Bertz CT molecular complexity index is 2290. The zero-order valence-corrected chi connectivity index (χ0v) is 25.2. The first kappa shape index (κ1) is 29.6. The zero-order valence-electron chi connectivity index (χ0n) is 24.4. The summed E-state index contributed by atoms with van der Waals surface area (Å²) < 4.78 is 41.6. The summed E-state index contributed by atoms with van der Waals surface area (Å²) in [6.07, 6.45) is 0. The van der Waals surface area contributed by atoms with Crippen LogP contribution >= 0.6 is 0 Å². The van der Waals surface area contributed by atoms with Gasteiger partial charge in [0, 0.05) is 39.1 Å². The zero-order chi connectivity index (χ0) is 31.7. The highest BCUT2D eigenvalue weighted by Crippen LogP contribution is 2.43. The molecule has 0 bridgehead atoms. The molecule has 45 heavy (non-hydrogen) atoms. The lowest BCUT2D eigenvalue weighted by atomic mass is 9.93. The number of hydrogen-bond donors (Lipinski definition) is 2. The average molecular weight is 617 g/mol. The van der Waals surface area contributed by atoms with Gasteiger partial charge in [0.1, 0.15) is 16.2 Å². The van der Waals surface area contributed by atoms with Crippen LogP contribution in [0.25, 0.3) is 43.9 Å². The Labute approximate surface area is 259 Å². The van der Waals surface area contributed by atoms with Crippen molar-refractivity contribution < 1.29 is 17.4 Å². The van der Waals surface area contributed by atoms with E-state index in [1.165, 1.54) is 6.07 Å². The minimum absolute atomic E-state index is 0.148. The van der Waals surface area contributed by atoms with Gasteiger partial charge in [-0.05, 0) is 72.5 Å². The fourth-order valence-corrected chi connectivity index (χ4v) is 6.19. The van der Waals surface area contributed by atoms with Crippen molar-refractivity contribution in [3.05, 3.63) is 136 Å². The Morgan fingerprint density at radius 1 is 0.889 bits per heavy atom. The van der Waals surface area contributed by atoms with Crippen molar-refractivity contribution in [2.75, 3.05) is 5.01 Å². The van der Waals surface area contributed by atoms with Gasteiger partial charge in [-0.3, -0.25) is 9.56 Å². The normalized spacial score (nSPS) is 12.0. The third-order valence-electron chi connectivity index (χ3n) is 7.64. The molecule has 1 aliphatic carbocycles. The standard InChI is InChI=1S/C34H28N6O4S/c1-21-8-3-5-12-29(21)40(36)25-15-17-27-31(19-25)44-30-18-24(38-34-22(2)9-7-10-23(34)20-37-39-35)14-16-26(30)33(27)28-11-4-6-13-32(28)45(41,42)43/h3-19H,20,36H2,1-2H3,(H,41,42,43)/b38-24-. The average Bonchev–Trinajstić information content (AvgIpc) is 3.03. The number of benzene rings is 5. The summed E-state index contributed by atoms with van der Waals surface area (Å²) in [7, 11) is -4.56. The molecule has 4 aromatic rings. The quantitative estimate of drug-likeness (QED) is 0.0350. The molecule has 10 nitrogen and oxygen atoms in total. The van der Waals surface area contributed by atoms with Crippen molar-refractivity contribution in [3.63, 3.8) is 0 Å². The smallest absolute Gasteiger partial charge is 0.295 e.